The number of hydrogen-bond acceptors (Lipinski definition) is 2. The summed E-state index contributed by atoms with van der Waals surface area (Å²) in [6.07, 6.45) is 2.74. The molecule has 5 heteroatoms. The summed E-state index contributed by atoms with van der Waals surface area (Å²) in [6.45, 7) is 0. The maximum absolute atomic E-state index is 12.1. The van der Waals surface area contributed by atoms with Crippen molar-refractivity contribution in [3.05, 3.63) is 0 Å². The Bertz CT molecular complexity index is 215. The van der Waals surface area contributed by atoms with Gasteiger partial charge in [-0.1, -0.05) is 19.3 Å². The maximum atomic E-state index is 12.1. The normalized spacial score (nSPS) is 20.0. The van der Waals surface area contributed by atoms with Crippen molar-refractivity contribution >= 4 is 11.8 Å². The van der Waals surface area contributed by atoms with Gasteiger partial charge in [-0.15, -0.1) is 0 Å². The molecule has 0 radical (unpaired) electrons. The number of thioether (sulfide) groups is 1. The minimum atomic E-state index is -4.01. The molecule has 1 saturated carbocycles. The molecular weight excluding hydrogens is 259 g/mol. The molecular formula is C13H24F3NS. The van der Waals surface area contributed by atoms with Crippen molar-refractivity contribution < 1.29 is 13.2 Å². The van der Waals surface area contributed by atoms with Crippen molar-refractivity contribution in [3.8, 4) is 0 Å². The fraction of sp³-hybridized carbons (Fsp3) is 1.00. The second kappa shape index (κ2) is 8.31. The van der Waals surface area contributed by atoms with Gasteiger partial charge < -0.3 is 5.32 Å². The average Bonchev–Trinajstić information content (AvgIpc) is 2.33. The van der Waals surface area contributed by atoms with E-state index >= 15 is 0 Å². The second-order valence-corrected chi connectivity index (χ2v) is 6.42. The Labute approximate surface area is 112 Å². The molecule has 1 nitrogen and oxygen atoms in total. The lowest BCUT2D eigenvalue weighted by Crippen LogP contribution is -2.29. The Balaban J connectivity index is 2.12. The quantitative estimate of drug-likeness (QED) is 0.744. The molecule has 108 valence electrons. The van der Waals surface area contributed by atoms with Crippen LogP contribution in [0.25, 0.3) is 0 Å². The minimum Gasteiger partial charge on any atom is -0.316 e. The SMILES string of the molecule is CNC(CCCC(F)(F)F)CSC1CCCCC1. The molecule has 1 aliphatic rings. The summed E-state index contributed by atoms with van der Waals surface area (Å²) < 4.78 is 36.2. The van der Waals surface area contributed by atoms with E-state index in [1.54, 1.807) is 0 Å². The standard InChI is InChI=1S/C13H24F3NS/c1-17-11(6-5-9-13(14,15)16)10-18-12-7-3-2-4-8-12/h11-12,17H,2-10H2,1H3. The lowest BCUT2D eigenvalue weighted by molar-refractivity contribution is -0.135. The van der Waals surface area contributed by atoms with E-state index in [0.717, 1.165) is 11.0 Å². The maximum Gasteiger partial charge on any atom is 0.389 e. The highest BCUT2D eigenvalue weighted by Crippen LogP contribution is 2.29. The third kappa shape index (κ3) is 7.52. The van der Waals surface area contributed by atoms with Crippen molar-refractivity contribution in [2.75, 3.05) is 12.8 Å². The van der Waals surface area contributed by atoms with Crippen LogP contribution in [-0.2, 0) is 0 Å². The molecule has 0 spiro atoms. The van der Waals surface area contributed by atoms with Crippen LogP contribution >= 0.6 is 11.8 Å². The molecule has 0 aliphatic heterocycles. The van der Waals surface area contributed by atoms with Gasteiger partial charge in [-0.05, 0) is 32.7 Å². The molecule has 0 aromatic rings. The minimum absolute atomic E-state index is 0.222. The first kappa shape index (κ1) is 16.2. The van der Waals surface area contributed by atoms with E-state index in [-0.39, 0.29) is 12.5 Å². The Kier molecular flexibility index (Phi) is 7.46. The van der Waals surface area contributed by atoms with Gasteiger partial charge >= 0.3 is 6.18 Å². The van der Waals surface area contributed by atoms with Crippen LogP contribution in [-0.4, -0.2) is 30.3 Å². The third-order valence-electron chi connectivity index (χ3n) is 3.51. The van der Waals surface area contributed by atoms with Crippen molar-refractivity contribution in [1.82, 2.24) is 5.32 Å². The molecule has 0 amide bonds. The van der Waals surface area contributed by atoms with Crippen molar-refractivity contribution in [2.24, 2.45) is 0 Å². The zero-order valence-electron chi connectivity index (χ0n) is 11.1. The van der Waals surface area contributed by atoms with Gasteiger partial charge in [-0.25, -0.2) is 0 Å². The van der Waals surface area contributed by atoms with Crippen molar-refractivity contribution in [3.63, 3.8) is 0 Å². The molecule has 0 aromatic carbocycles. The smallest absolute Gasteiger partial charge is 0.316 e. The molecule has 0 bridgehead atoms. The fourth-order valence-electron chi connectivity index (χ4n) is 2.34. The van der Waals surface area contributed by atoms with Gasteiger partial charge in [-0.3, -0.25) is 0 Å². The lowest BCUT2D eigenvalue weighted by Gasteiger charge is -2.24. The summed E-state index contributed by atoms with van der Waals surface area (Å²) >= 11 is 1.94. The molecule has 1 atom stereocenters. The van der Waals surface area contributed by atoms with E-state index < -0.39 is 12.6 Å². The van der Waals surface area contributed by atoms with Crippen LogP contribution in [0.4, 0.5) is 13.2 Å². The fourth-order valence-corrected chi connectivity index (χ4v) is 3.85. The Hall–Kier alpha value is 0.100. The lowest BCUT2D eigenvalue weighted by atomic mass is 10.0. The number of alkyl halides is 3. The predicted molar refractivity (Wildman–Crippen MR) is 72.1 cm³/mol. The zero-order chi connectivity index (χ0) is 13.4. The molecule has 0 heterocycles. The van der Waals surface area contributed by atoms with E-state index in [1.807, 2.05) is 18.8 Å². The predicted octanol–water partition coefficient (Wildman–Crippen LogP) is 4.37. The summed E-state index contributed by atoms with van der Waals surface area (Å²) in [6, 6.07) is 0.222. The topological polar surface area (TPSA) is 12.0 Å². The van der Waals surface area contributed by atoms with Crippen molar-refractivity contribution in [2.45, 2.75) is 68.8 Å². The van der Waals surface area contributed by atoms with Gasteiger partial charge in [-0.2, -0.15) is 24.9 Å². The van der Waals surface area contributed by atoms with Gasteiger partial charge in [0.25, 0.3) is 0 Å². The third-order valence-corrected chi connectivity index (χ3v) is 5.04. The van der Waals surface area contributed by atoms with Crippen LogP contribution in [0.1, 0.15) is 51.4 Å². The molecule has 18 heavy (non-hydrogen) atoms. The van der Waals surface area contributed by atoms with E-state index in [1.165, 1.54) is 32.1 Å². The van der Waals surface area contributed by atoms with Gasteiger partial charge in [0.05, 0.1) is 0 Å². The molecule has 1 rings (SSSR count). The molecule has 1 fully saturated rings. The molecule has 1 aliphatic carbocycles. The molecule has 0 saturated heterocycles. The highest BCUT2D eigenvalue weighted by molar-refractivity contribution is 7.99. The van der Waals surface area contributed by atoms with E-state index in [9.17, 15) is 13.2 Å². The van der Waals surface area contributed by atoms with E-state index in [0.29, 0.717) is 6.42 Å². The molecule has 1 N–H and O–H groups in total. The molecule has 1 unspecified atom stereocenters. The Morgan fingerprint density at radius 1 is 1.22 bits per heavy atom. The van der Waals surface area contributed by atoms with Gasteiger partial charge in [0.2, 0.25) is 0 Å². The van der Waals surface area contributed by atoms with Crippen molar-refractivity contribution in [1.29, 1.82) is 0 Å². The largest absolute Gasteiger partial charge is 0.389 e. The number of rotatable bonds is 7. The summed E-state index contributed by atoms with van der Waals surface area (Å²) in [5, 5.41) is 3.87. The van der Waals surface area contributed by atoms with Crippen LogP contribution < -0.4 is 5.32 Å². The van der Waals surface area contributed by atoms with Crippen LogP contribution in [0, 0.1) is 0 Å². The first-order valence-electron chi connectivity index (χ1n) is 6.87. The van der Waals surface area contributed by atoms with Gasteiger partial charge in [0.1, 0.15) is 0 Å². The van der Waals surface area contributed by atoms with Crippen LogP contribution in [0.3, 0.4) is 0 Å². The first-order valence-corrected chi connectivity index (χ1v) is 7.92. The van der Waals surface area contributed by atoms with Gasteiger partial charge in [0.15, 0.2) is 0 Å². The number of nitrogens with one attached hydrogen (secondary N) is 1. The van der Waals surface area contributed by atoms with E-state index in [4.69, 9.17) is 0 Å². The Morgan fingerprint density at radius 3 is 2.44 bits per heavy atom. The summed E-state index contributed by atoms with van der Waals surface area (Å²) in [5.41, 5.74) is 0. The first-order chi connectivity index (χ1) is 8.51. The van der Waals surface area contributed by atoms with Crippen LogP contribution in [0.15, 0.2) is 0 Å². The van der Waals surface area contributed by atoms with E-state index in [2.05, 4.69) is 5.32 Å². The number of halogens is 3. The average molecular weight is 283 g/mol. The zero-order valence-corrected chi connectivity index (χ0v) is 11.9. The summed E-state index contributed by atoms with van der Waals surface area (Å²) in [4.78, 5) is 0. The van der Waals surface area contributed by atoms with Crippen LogP contribution in [0.2, 0.25) is 0 Å². The van der Waals surface area contributed by atoms with Crippen LogP contribution in [0.5, 0.6) is 0 Å². The summed E-state index contributed by atoms with van der Waals surface area (Å²) in [7, 11) is 1.85. The number of hydrogen-bond donors (Lipinski definition) is 1. The monoisotopic (exact) mass is 283 g/mol. The van der Waals surface area contributed by atoms with Gasteiger partial charge in [0, 0.05) is 23.5 Å². The summed E-state index contributed by atoms with van der Waals surface area (Å²) in [5.74, 6) is 0.943. The highest BCUT2D eigenvalue weighted by Gasteiger charge is 2.26. The second-order valence-electron chi connectivity index (χ2n) is 5.09. The molecule has 0 aromatic heterocycles. The highest BCUT2D eigenvalue weighted by atomic mass is 32.2. The Morgan fingerprint density at radius 2 is 1.89 bits per heavy atom.